The van der Waals surface area contributed by atoms with Crippen molar-refractivity contribution in [3.63, 3.8) is 0 Å². The maximum absolute atomic E-state index is 12.5. The van der Waals surface area contributed by atoms with E-state index in [9.17, 15) is 4.79 Å². The molecular formula is C15H11Cl3O. The van der Waals surface area contributed by atoms with E-state index in [1.807, 2.05) is 13.8 Å². The first-order chi connectivity index (χ1) is 8.91. The van der Waals surface area contributed by atoms with Crippen molar-refractivity contribution in [1.82, 2.24) is 0 Å². The Morgan fingerprint density at radius 2 is 1.42 bits per heavy atom. The monoisotopic (exact) mass is 312 g/mol. The molecule has 0 aliphatic rings. The fourth-order valence-electron chi connectivity index (χ4n) is 1.80. The fourth-order valence-corrected chi connectivity index (χ4v) is 2.68. The topological polar surface area (TPSA) is 17.1 Å². The number of carbonyl (C=O) groups is 1. The van der Waals surface area contributed by atoms with Crippen LogP contribution in [0, 0.1) is 13.8 Å². The largest absolute Gasteiger partial charge is 0.288 e. The number of hydrogen-bond acceptors (Lipinski definition) is 1. The van der Waals surface area contributed by atoms with Crippen molar-refractivity contribution in [3.05, 3.63) is 67.7 Å². The van der Waals surface area contributed by atoms with Gasteiger partial charge in [-0.05, 0) is 49.2 Å². The van der Waals surface area contributed by atoms with Crippen LogP contribution >= 0.6 is 34.8 Å². The standard InChI is InChI=1S/C15H11Cl3O/c1-8-6-10(13(18)7-9(8)2)15(19)14-11(16)4-3-5-12(14)17/h3-7H,1-2H3. The van der Waals surface area contributed by atoms with Gasteiger partial charge in [-0.1, -0.05) is 40.9 Å². The minimum atomic E-state index is -0.260. The first kappa shape index (κ1) is 14.4. The molecule has 0 radical (unpaired) electrons. The molecular weight excluding hydrogens is 303 g/mol. The highest BCUT2D eigenvalue weighted by Gasteiger charge is 2.19. The quantitative estimate of drug-likeness (QED) is 0.670. The van der Waals surface area contributed by atoms with Gasteiger partial charge in [-0.3, -0.25) is 4.79 Å². The lowest BCUT2D eigenvalue weighted by atomic mass is 9.99. The summed E-state index contributed by atoms with van der Waals surface area (Å²) in [6, 6.07) is 8.50. The molecule has 0 saturated carbocycles. The Balaban J connectivity index is 2.60. The van der Waals surface area contributed by atoms with Crippen LogP contribution < -0.4 is 0 Å². The van der Waals surface area contributed by atoms with E-state index in [2.05, 4.69) is 0 Å². The van der Waals surface area contributed by atoms with Gasteiger partial charge in [-0.25, -0.2) is 0 Å². The molecule has 0 amide bonds. The van der Waals surface area contributed by atoms with Gasteiger partial charge in [0.25, 0.3) is 0 Å². The maximum atomic E-state index is 12.5. The Labute approximate surface area is 127 Å². The molecule has 0 aliphatic carbocycles. The van der Waals surface area contributed by atoms with Gasteiger partial charge >= 0.3 is 0 Å². The minimum Gasteiger partial charge on any atom is -0.288 e. The third-order valence-electron chi connectivity index (χ3n) is 3.02. The van der Waals surface area contributed by atoms with Gasteiger partial charge in [-0.2, -0.15) is 0 Å². The number of hydrogen-bond donors (Lipinski definition) is 0. The SMILES string of the molecule is Cc1cc(Cl)c(C(=O)c2c(Cl)cccc2Cl)cc1C. The molecule has 0 unspecified atom stereocenters. The summed E-state index contributed by atoms with van der Waals surface area (Å²) in [6.45, 7) is 3.87. The second kappa shape index (κ2) is 5.54. The van der Waals surface area contributed by atoms with Crippen LogP contribution in [-0.4, -0.2) is 5.78 Å². The molecule has 0 heterocycles. The third-order valence-corrected chi connectivity index (χ3v) is 3.96. The molecule has 0 N–H and O–H groups in total. The smallest absolute Gasteiger partial charge is 0.197 e. The van der Waals surface area contributed by atoms with Crippen LogP contribution in [0.5, 0.6) is 0 Å². The summed E-state index contributed by atoms with van der Waals surface area (Å²) in [5, 5.41) is 1.06. The molecule has 98 valence electrons. The zero-order chi connectivity index (χ0) is 14.2. The average molecular weight is 314 g/mol. The van der Waals surface area contributed by atoms with Crippen molar-refractivity contribution in [2.45, 2.75) is 13.8 Å². The molecule has 2 aromatic carbocycles. The molecule has 0 fully saturated rings. The molecule has 2 aromatic rings. The molecule has 4 heteroatoms. The lowest BCUT2D eigenvalue weighted by Crippen LogP contribution is -2.05. The average Bonchev–Trinajstić information content (AvgIpc) is 2.33. The number of benzene rings is 2. The van der Waals surface area contributed by atoms with Crippen LogP contribution in [0.2, 0.25) is 15.1 Å². The van der Waals surface area contributed by atoms with Crippen molar-refractivity contribution < 1.29 is 4.79 Å². The lowest BCUT2D eigenvalue weighted by molar-refractivity contribution is 0.103. The van der Waals surface area contributed by atoms with Gasteiger partial charge < -0.3 is 0 Å². The van der Waals surface area contributed by atoms with Crippen molar-refractivity contribution in [2.75, 3.05) is 0 Å². The minimum absolute atomic E-state index is 0.260. The molecule has 0 aliphatic heterocycles. The van der Waals surface area contributed by atoms with Gasteiger partial charge in [0.15, 0.2) is 5.78 Å². The Bertz CT molecular complexity index is 642. The molecule has 2 rings (SSSR count). The van der Waals surface area contributed by atoms with E-state index in [1.54, 1.807) is 30.3 Å². The number of carbonyl (C=O) groups excluding carboxylic acids is 1. The zero-order valence-electron chi connectivity index (χ0n) is 10.4. The maximum Gasteiger partial charge on any atom is 0.197 e. The van der Waals surface area contributed by atoms with E-state index >= 15 is 0 Å². The normalized spacial score (nSPS) is 10.6. The summed E-state index contributed by atoms with van der Waals surface area (Å²) < 4.78 is 0. The van der Waals surface area contributed by atoms with Gasteiger partial charge in [-0.15, -0.1) is 0 Å². The molecule has 0 saturated heterocycles. The Kier molecular flexibility index (Phi) is 4.19. The van der Waals surface area contributed by atoms with E-state index in [0.29, 0.717) is 20.6 Å². The highest BCUT2D eigenvalue weighted by Crippen LogP contribution is 2.30. The van der Waals surface area contributed by atoms with E-state index < -0.39 is 0 Å². The zero-order valence-corrected chi connectivity index (χ0v) is 12.7. The second-order valence-corrected chi connectivity index (χ2v) is 5.56. The number of aryl methyl sites for hydroxylation is 2. The highest BCUT2D eigenvalue weighted by atomic mass is 35.5. The molecule has 0 aromatic heterocycles. The van der Waals surface area contributed by atoms with Crippen LogP contribution in [0.1, 0.15) is 27.0 Å². The second-order valence-electron chi connectivity index (χ2n) is 4.34. The van der Waals surface area contributed by atoms with E-state index in [0.717, 1.165) is 11.1 Å². The summed E-state index contributed by atoms with van der Waals surface area (Å²) in [4.78, 5) is 12.5. The highest BCUT2D eigenvalue weighted by molar-refractivity contribution is 6.42. The van der Waals surface area contributed by atoms with Gasteiger partial charge in [0.2, 0.25) is 0 Å². The lowest BCUT2D eigenvalue weighted by Gasteiger charge is -2.10. The van der Waals surface area contributed by atoms with Crippen LogP contribution in [0.15, 0.2) is 30.3 Å². The summed E-state index contributed by atoms with van der Waals surface area (Å²) in [5.41, 5.74) is 2.73. The number of halogens is 3. The van der Waals surface area contributed by atoms with Gasteiger partial charge in [0, 0.05) is 5.56 Å². The van der Waals surface area contributed by atoms with Crippen molar-refractivity contribution in [3.8, 4) is 0 Å². The first-order valence-electron chi connectivity index (χ1n) is 5.67. The Morgan fingerprint density at radius 1 is 0.895 bits per heavy atom. The summed E-state index contributed by atoms with van der Waals surface area (Å²) in [5.74, 6) is -0.260. The molecule has 0 spiro atoms. The summed E-state index contributed by atoms with van der Waals surface area (Å²) in [7, 11) is 0. The van der Waals surface area contributed by atoms with Crippen LogP contribution in [0.4, 0.5) is 0 Å². The predicted molar refractivity (Wildman–Crippen MR) is 80.8 cm³/mol. The number of rotatable bonds is 2. The molecule has 1 nitrogen and oxygen atoms in total. The summed E-state index contributed by atoms with van der Waals surface area (Å²) >= 11 is 18.2. The van der Waals surface area contributed by atoms with Crippen molar-refractivity contribution >= 4 is 40.6 Å². The van der Waals surface area contributed by atoms with E-state index in [-0.39, 0.29) is 11.3 Å². The molecule has 19 heavy (non-hydrogen) atoms. The van der Waals surface area contributed by atoms with E-state index in [4.69, 9.17) is 34.8 Å². The van der Waals surface area contributed by atoms with Crippen LogP contribution in [0.3, 0.4) is 0 Å². The van der Waals surface area contributed by atoms with Crippen molar-refractivity contribution in [1.29, 1.82) is 0 Å². The summed E-state index contributed by atoms with van der Waals surface area (Å²) in [6.07, 6.45) is 0. The van der Waals surface area contributed by atoms with E-state index in [1.165, 1.54) is 0 Å². The van der Waals surface area contributed by atoms with Gasteiger partial charge in [0.1, 0.15) is 0 Å². The first-order valence-corrected chi connectivity index (χ1v) is 6.80. The Hall–Kier alpha value is -1.02. The molecule has 0 atom stereocenters. The van der Waals surface area contributed by atoms with Crippen LogP contribution in [-0.2, 0) is 0 Å². The number of ketones is 1. The Morgan fingerprint density at radius 3 is 2.00 bits per heavy atom. The predicted octanol–water partition coefficient (Wildman–Crippen LogP) is 5.49. The fraction of sp³-hybridized carbons (Fsp3) is 0.133. The third kappa shape index (κ3) is 2.79. The molecule has 0 bridgehead atoms. The van der Waals surface area contributed by atoms with Gasteiger partial charge in [0.05, 0.1) is 20.6 Å². The van der Waals surface area contributed by atoms with Crippen LogP contribution in [0.25, 0.3) is 0 Å². The van der Waals surface area contributed by atoms with Crippen molar-refractivity contribution in [2.24, 2.45) is 0 Å².